The quantitative estimate of drug-likeness (QED) is 0.339. The number of ether oxygens (including phenoxy) is 1. The molecule has 0 spiro atoms. The van der Waals surface area contributed by atoms with Gasteiger partial charge in [-0.15, -0.1) is 24.0 Å². The number of carbonyl (C=O) groups is 1. The number of guanidine groups is 1. The van der Waals surface area contributed by atoms with Gasteiger partial charge < -0.3 is 20.3 Å². The lowest BCUT2D eigenvalue weighted by molar-refractivity contribution is -0.134. The molecule has 28 heavy (non-hydrogen) atoms. The van der Waals surface area contributed by atoms with Gasteiger partial charge in [-0.25, -0.2) is 4.39 Å². The molecule has 1 aromatic rings. The Hall–Kier alpha value is -1.58. The molecule has 0 bridgehead atoms. The Morgan fingerprint density at radius 2 is 2.04 bits per heavy atom. The predicted molar refractivity (Wildman–Crippen MR) is 121 cm³/mol. The van der Waals surface area contributed by atoms with Gasteiger partial charge >= 0.3 is 0 Å². The van der Waals surface area contributed by atoms with E-state index in [4.69, 9.17) is 4.74 Å². The molecule has 1 saturated heterocycles. The zero-order valence-corrected chi connectivity index (χ0v) is 19.2. The van der Waals surface area contributed by atoms with Crippen molar-refractivity contribution < 1.29 is 13.9 Å². The number of hydrogen-bond donors (Lipinski definition) is 2. The predicted octanol–water partition coefficient (Wildman–Crippen LogP) is 3.17. The number of piperidine rings is 1. The van der Waals surface area contributed by atoms with Crippen molar-refractivity contribution in [2.75, 3.05) is 26.7 Å². The Bertz CT molecular complexity index is 627. The van der Waals surface area contributed by atoms with Crippen molar-refractivity contribution in [3.8, 4) is 5.75 Å². The molecule has 0 saturated carbocycles. The smallest absolute Gasteiger partial charge is 0.224 e. The fourth-order valence-corrected chi connectivity index (χ4v) is 3.15. The van der Waals surface area contributed by atoms with Crippen molar-refractivity contribution in [2.45, 2.75) is 51.7 Å². The molecule has 6 nitrogen and oxygen atoms in total. The maximum Gasteiger partial charge on any atom is 0.224 e. The second-order valence-corrected chi connectivity index (χ2v) is 6.94. The minimum absolute atomic E-state index is 0. The zero-order chi connectivity index (χ0) is 19.6. The van der Waals surface area contributed by atoms with Crippen LogP contribution in [0.2, 0.25) is 0 Å². The first kappa shape index (κ1) is 24.5. The number of carbonyl (C=O) groups excluding carboxylic acids is 1. The van der Waals surface area contributed by atoms with Gasteiger partial charge in [-0.2, -0.15) is 0 Å². The molecular formula is C20H32FIN4O2. The van der Waals surface area contributed by atoms with Crippen LogP contribution in [-0.2, 0) is 4.79 Å². The van der Waals surface area contributed by atoms with E-state index in [2.05, 4.69) is 22.5 Å². The summed E-state index contributed by atoms with van der Waals surface area (Å²) in [7, 11) is 1.69. The maximum absolute atomic E-state index is 12.9. The van der Waals surface area contributed by atoms with Crippen LogP contribution in [0, 0.1) is 5.82 Å². The molecule has 8 heteroatoms. The Morgan fingerprint density at radius 3 is 2.68 bits per heavy atom. The van der Waals surface area contributed by atoms with Crippen LogP contribution in [0.1, 0.15) is 39.5 Å². The van der Waals surface area contributed by atoms with Crippen LogP contribution < -0.4 is 15.4 Å². The third kappa shape index (κ3) is 8.20. The second-order valence-electron chi connectivity index (χ2n) is 6.94. The van der Waals surface area contributed by atoms with E-state index in [1.807, 2.05) is 11.8 Å². The highest BCUT2D eigenvalue weighted by atomic mass is 127. The number of amides is 1. The summed E-state index contributed by atoms with van der Waals surface area (Å²) >= 11 is 0. The van der Waals surface area contributed by atoms with Gasteiger partial charge in [0.2, 0.25) is 5.91 Å². The summed E-state index contributed by atoms with van der Waals surface area (Å²) in [5, 5.41) is 6.34. The van der Waals surface area contributed by atoms with E-state index < -0.39 is 0 Å². The van der Waals surface area contributed by atoms with E-state index in [1.165, 1.54) is 18.6 Å². The van der Waals surface area contributed by atoms with Gasteiger partial charge in [-0.05, 0) is 57.4 Å². The van der Waals surface area contributed by atoms with E-state index in [-0.39, 0.29) is 41.8 Å². The standard InChI is InChI=1S/C20H31FN4O2.HI/c1-15-6-4-5-13-25(15)19(26)11-12-23-20(22-3)24-14-16(2)27-18-9-7-17(21)8-10-18;/h7-10,15-16H,4-6,11-14H2,1-3H3,(H2,22,23,24);1H. The van der Waals surface area contributed by atoms with Crippen LogP contribution in [0.4, 0.5) is 4.39 Å². The largest absolute Gasteiger partial charge is 0.489 e. The molecule has 2 N–H and O–H groups in total. The first-order chi connectivity index (χ1) is 13.0. The summed E-state index contributed by atoms with van der Waals surface area (Å²) in [4.78, 5) is 18.5. The van der Waals surface area contributed by atoms with Gasteiger partial charge in [0.15, 0.2) is 5.96 Å². The van der Waals surface area contributed by atoms with Gasteiger partial charge in [-0.3, -0.25) is 9.79 Å². The van der Waals surface area contributed by atoms with Crippen LogP contribution in [0.5, 0.6) is 5.75 Å². The molecule has 0 aromatic heterocycles. The van der Waals surface area contributed by atoms with E-state index >= 15 is 0 Å². The monoisotopic (exact) mass is 506 g/mol. The van der Waals surface area contributed by atoms with E-state index in [0.717, 1.165) is 19.4 Å². The number of nitrogens with one attached hydrogen (secondary N) is 2. The fourth-order valence-electron chi connectivity index (χ4n) is 3.15. The van der Waals surface area contributed by atoms with Gasteiger partial charge in [0, 0.05) is 32.6 Å². The Balaban J connectivity index is 0.00000392. The Labute approximate surface area is 184 Å². The highest BCUT2D eigenvalue weighted by Crippen LogP contribution is 2.17. The van der Waals surface area contributed by atoms with Gasteiger partial charge in [0.05, 0.1) is 6.54 Å². The molecule has 0 radical (unpaired) electrons. The zero-order valence-electron chi connectivity index (χ0n) is 16.9. The number of likely N-dealkylation sites (tertiary alicyclic amines) is 1. The van der Waals surface area contributed by atoms with Gasteiger partial charge in [-0.1, -0.05) is 0 Å². The van der Waals surface area contributed by atoms with Crippen molar-refractivity contribution in [3.05, 3.63) is 30.1 Å². The minimum atomic E-state index is -0.286. The normalized spacial score (nSPS) is 18.1. The van der Waals surface area contributed by atoms with Crippen LogP contribution in [0.25, 0.3) is 0 Å². The summed E-state index contributed by atoms with van der Waals surface area (Å²) in [6, 6.07) is 6.29. The number of aliphatic imine (C=N–C) groups is 1. The fraction of sp³-hybridized carbons (Fsp3) is 0.600. The van der Waals surface area contributed by atoms with Crippen molar-refractivity contribution in [2.24, 2.45) is 4.99 Å². The van der Waals surface area contributed by atoms with Crippen molar-refractivity contribution in [3.63, 3.8) is 0 Å². The molecular weight excluding hydrogens is 474 g/mol. The summed E-state index contributed by atoms with van der Waals surface area (Å²) in [6.07, 6.45) is 3.72. The third-order valence-electron chi connectivity index (χ3n) is 4.69. The molecule has 2 unspecified atom stereocenters. The molecule has 1 fully saturated rings. The van der Waals surface area contributed by atoms with E-state index in [0.29, 0.717) is 37.3 Å². The highest BCUT2D eigenvalue weighted by Gasteiger charge is 2.22. The molecule has 1 heterocycles. The lowest BCUT2D eigenvalue weighted by Gasteiger charge is -2.33. The van der Waals surface area contributed by atoms with E-state index in [9.17, 15) is 9.18 Å². The summed E-state index contributed by atoms with van der Waals surface area (Å²) in [6.45, 7) is 5.98. The topological polar surface area (TPSA) is 66.0 Å². The molecule has 1 amide bonds. The number of hydrogen-bond acceptors (Lipinski definition) is 3. The molecule has 158 valence electrons. The van der Waals surface area contributed by atoms with Crippen molar-refractivity contribution in [1.82, 2.24) is 15.5 Å². The molecule has 0 aliphatic carbocycles. The average molecular weight is 506 g/mol. The molecule has 2 rings (SSSR count). The number of benzene rings is 1. The Morgan fingerprint density at radius 1 is 1.32 bits per heavy atom. The molecule has 1 aliphatic heterocycles. The number of halogens is 2. The van der Waals surface area contributed by atoms with Crippen LogP contribution in [0.3, 0.4) is 0 Å². The van der Waals surface area contributed by atoms with Crippen LogP contribution in [0.15, 0.2) is 29.3 Å². The van der Waals surface area contributed by atoms with Crippen LogP contribution >= 0.6 is 24.0 Å². The van der Waals surface area contributed by atoms with Gasteiger partial charge in [0.25, 0.3) is 0 Å². The minimum Gasteiger partial charge on any atom is -0.489 e. The maximum atomic E-state index is 12.9. The van der Waals surface area contributed by atoms with Crippen molar-refractivity contribution >= 4 is 35.8 Å². The SMILES string of the molecule is CN=C(NCCC(=O)N1CCCCC1C)NCC(C)Oc1ccc(F)cc1.I. The van der Waals surface area contributed by atoms with E-state index in [1.54, 1.807) is 19.2 Å². The summed E-state index contributed by atoms with van der Waals surface area (Å²) < 4.78 is 18.6. The lowest BCUT2D eigenvalue weighted by Crippen LogP contribution is -2.45. The van der Waals surface area contributed by atoms with Crippen molar-refractivity contribution in [1.29, 1.82) is 0 Å². The van der Waals surface area contributed by atoms with Crippen LogP contribution in [-0.4, -0.2) is 55.6 Å². The Kier molecular flexibility index (Phi) is 11.2. The first-order valence-corrected chi connectivity index (χ1v) is 9.66. The molecule has 2 atom stereocenters. The molecule has 1 aliphatic rings. The lowest BCUT2D eigenvalue weighted by atomic mass is 10.0. The van der Waals surface area contributed by atoms with Gasteiger partial charge in [0.1, 0.15) is 17.7 Å². The number of nitrogens with zero attached hydrogens (tertiary/aromatic N) is 2. The third-order valence-corrected chi connectivity index (χ3v) is 4.69. The highest BCUT2D eigenvalue weighted by molar-refractivity contribution is 14.0. The average Bonchev–Trinajstić information content (AvgIpc) is 2.66. The first-order valence-electron chi connectivity index (χ1n) is 9.66. The summed E-state index contributed by atoms with van der Waals surface area (Å²) in [5.74, 6) is 1.16. The summed E-state index contributed by atoms with van der Waals surface area (Å²) in [5.41, 5.74) is 0. The second kappa shape index (κ2) is 12.8. The number of rotatable bonds is 7. The molecule has 1 aromatic carbocycles.